The van der Waals surface area contributed by atoms with Gasteiger partial charge >= 0.3 is 6.18 Å². The molecule has 6 heteroatoms. The lowest BCUT2D eigenvalue weighted by Gasteiger charge is -2.02. The minimum absolute atomic E-state index is 0.0609. The Morgan fingerprint density at radius 1 is 1.50 bits per heavy atom. The van der Waals surface area contributed by atoms with Crippen molar-refractivity contribution in [1.82, 2.24) is 9.78 Å². The molecule has 1 rings (SSSR count). The van der Waals surface area contributed by atoms with E-state index in [0.29, 0.717) is 6.54 Å². The third-order valence-corrected chi connectivity index (χ3v) is 1.82. The summed E-state index contributed by atoms with van der Waals surface area (Å²) in [5, 5.41) is 3.39. The molecule has 3 nitrogen and oxygen atoms in total. The quantitative estimate of drug-likeness (QED) is 0.826. The third kappa shape index (κ3) is 2.40. The minimum atomic E-state index is -4.41. The second-order valence-corrected chi connectivity index (χ2v) is 3.03. The van der Waals surface area contributed by atoms with E-state index in [1.807, 2.05) is 6.92 Å². The summed E-state index contributed by atoms with van der Waals surface area (Å²) in [5.41, 5.74) is 4.45. The third-order valence-electron chi connectivity index (χ3n) is 1.82. The van der Waals surface area contributed by atoms with Crippen molar-refractivity contribution in [3.05, 3.63) is 11.8 Å². The molecule has 1 aromatic heterocycles. The van der Waals surface area contributed by atoms with Gasteiger partial charge in [-0.3, -0.25) is 0 Å². The van der Waals surface area contributed by atoms with Gasteiger partial charge in [0.25, 0.3) is 0 Å². The first-order chi connectivity index (χ1) is 6.45. The van der Waals surface area contributed by atoms with Crippen LogP contribution >= 0.6 is 0 Å². The molecule has 0 amide bonds. The molecule has 0 aliphatic heterocycles. The molecule has 0 saturated carbocycles. The fourth-order valence-corrected chi connectivity index (χ4v) is 1.06. The van der Waals surface area contributed by atoms with Gasteiger partial charge in [-0.25, -0.2) is 4.68 Å². The highest BCUT2D eigenvalue weighted by atomic mass is 19.4. The molecule has 0 radical (unpaired) electrons. The Kier molecular flexibility index (Phi) is 3.03. The summed E-state index contributed by atoms with van der Waals surface area (Å²) in [5.74, 6) is 0.0609. The van der Waals surface area contributed by atoms with Crippen LogP contribution in [0.25, 0.3) is 0 Å². The summed E-state index contributed by atoms with van der Waals surface area (Å²) in [6.07, 6.45) is -2.75. The van der Waals surface area contributed by atoms with Crippen molar-refractivity contribution in [2.24, 2.45) is 0 Å². The molecule has 0 fully saturated rings. The molecule has 0 unspecified atom stereocenters. The van der Waals surface area contributed by atoms with Crippen LogP contribution in [0, 0.1) is 0 Å². The van der Waals surface area contributed by atoms with Crippen LogP contribution in [0.15, 0.2) is 6.07 Å². The summed E-state index contributed by atoms with van der Waals surface area (Å²) in [6.45, 7) is 2.38. The van der Waals surface area contributed by atoms with Gasteiger partial charge in [-0.1, -0.05) is 13.3 Å². The van der Waals surface area contributed by atoms with E-state index in [0.717, 1.165) is 18.9 Å². The van der Waals surface area contributed by atoms with Gasteiger partial charge in [0.2, 0.25) is 0 Å². The Bertz CT molecular complexity index is 303. The molecule has 2 N–H and O–H groups in total. The van der Waals surface area contributed by atoms with Crippen molar-refractivity contribution in [1.29, 1.82) is 0 Å². The van der Waals surface area contributed by atoms with E-state index in [-0.39, 0.29) is 5.82 Å². The molecule has 0 aliphatic carbocycles. The van der Waals surface area contributed by atoms with Crippen molar-refractivity contribution in [3.8, 4) is 0 Å². The SMILES string of the molecule is CCCCn1nc(C(F)(F)F)cc1N. The highest BCUT2D eigenvalue weighted by Gasteiger charge is 2.34. The van der Waals surface area contributed by atoms with Crippen LogP contribution in [-0.2, 0) is 12.7 Å². The Morgan fingerprint density at radius 2 is 2.14 bits per heavy atom. The molecule has 0 aromatic carbocycles. The van der Waals surface area contributed by atoms with E-state index in [2.05, 4.69) is 5.10 Å². The van der Waals surface area contributed by atoms with Gasteiger partial charge in [0.15, 0.2) is 5.69 Å². The number of nitrogens with two attached hydrogens (primary N) is 1. The topological polar surface area (TPSA) is 43.8 Å². The van der Waals surface area contributed by atoms with Crippen LogP contribution < -0.4 is 5.73 Å². The molecular weight excluding hydrogens is 195 g/mol. The average Bonchev–Trinajstić information content (AvgIpc) is 2.43. The van der Waals surface area contributed by atoms with Crippen molar-refractivity contribution in [2.75, 3.05) is 5.73 Å². The Hall–Kier alpha value is -1.20. The number of aryl methyl sites for hydroxylation is 1. The first kappa shape index (κ1) is 10.9. The first-order valence-electron chi connectivity index (χ1n) is 4.35. The number of nitrogens with zero attached hydrogens (tertiary/aromatic N) is 2. The second kappa shape index (κ2) is 3.89. The zero-order chi connectivity index (χ0) is 10.8. The van der Waals surface area contributed by atoms with Gasteiger partial charge in [-0.2, -0.15) is 18.3 Å². The Balaban J connectivity index is 2.82. The molecule has 0 atom stereocenters. The predicted molar refractivity (Wildman–Crippen MR) is 46.5 cm³/mol. The molecule has 1 heterocycles. The number of aromatic nitrogens is 2. The second-order valence-electron chi connectivity index (χ2n) is 3.03. The highest BCUT2D eigenvalue weighted by Crippen LogP contribution is 2.29. The number of alkyl halides is 3. The van der Waals surface area contributed by atoms with Crippen LogP contribution in [-0.4, -0.2) is 9.78 Å². The zero-order valence-electron chi connectivity index (χ0n) is 7.80. The number of hydrogen-bond acceptors (Lipinski definition) is 2. The maximum Gasteiger partial charge on any atom is 0.435 e. The molecule has 0 bridgehead atoms. The van der Waals surface area contributed by atoms with Crippen LogP contribution in [0.5, 0.6) is 0 Å². The van der Waals surface area contributed by atoms with Gasteiger partial charge in [-0.15, -0.1) is 0 Å². The maximum absolute atomic E-state index is 12.2. The lowest BCUT2D eigenvalue weighted by molar-refractivity contribution is -0.141. The number of halogens is 3. The average molecular weight is 207 g/mol. The zero-order valence-corrected chi connectivity index (χ0v) is 7.80. The molecule has 0 aliphatic rings. The first-order valence-corrected chi connectivity index (χ1v) is 4.35. The van der Waals surface area contributed by atoms with Crippen molar-refractivity contribution in [3.63, 3.8) is 0 Å². The lowest BCUT2D eigenvalue weighted by atomic mass is 10.3. The normalized spacial score (nSPS) is 12.0. The monoisotopic (exact) mass is 207 g/mol. The largest absolute Gasteiger partial charge is 0.435 e. The molecular formula is C8H12F3N3. The van der Waals surface area contributed by atoms with E-state index in [1.54, 1.807) is 0 Å². The van der Waals surface area contributed by atoms with Gasteiger partial charge in [0, 0.05) is 12.6 Å². The fraction of sp³-hybridized carbons (Fsp3) is 0.625. The van der Waals surface area contributed by atoms with E-state index >= 15 is 0 Å². The van der Waals surface area contributed by atoms with Crippen molar-refractivity contribution < 1.29 is 13.2 Å². The number of nitrogen functional groups attached to an aromatic ring is 1. The minimum Gasteiger partial charge on any atom is -0.384 e. The summed E-state index contributed by atoms with van der Waals surface area (Å²) >= 11 is 0. The number of anilines is 1. The summed E-state index contributed by atoms with van der Waals surface area (Å²) in [6, 6.07) is 0.857. The van der Waals surface area contributed by atoms with Gasteiger partial charge in [0.05, 0.1) is 0 Å². The molecule has 14 heavy (non-hydrogen) atoms. The van der Waals surface area contributed by atoms with Gasteiger partial charge in [0.1, 0.15) is 5.82 Å². The van der Waals surface area contributed by atoms with Crippen molar-refractivity contribution in [2.45, 2.75) is 32.5 Å². The van der Waals surface area contributed by atoms with Crippen LogP contribution in [0.1, 0.15) is 25.5 Å². The van der Waals surface area contributed by atoms with E-state index < -0.39 is 11.9 Å². The van der Waals surface area contributed by atoms with Gasteiger partial charge in [-0.05, 0) is 6.42 Å². The van der Waals surface area contributed by atoms with E-state index in [9.17, 15) is 13.2 Å². The molecule has 1 aromatic rings. The lowest BCUT2D eigenvalue weighted by Crippen LogP contribution is -2.08. The van der Waals surface area contributed by atoms with E-state index in [1.165, 1.54) is 4.68 Å². The van der Waals surface area contributed by atoms with Crippen LogP contribution in [0.4, 0.5) is 19.0 Å². The number of hydrogen-bond donors (Lipinski definition) is 1. The van der Waals surface area contributed by atoms with Crippen LogP contribution in [0.2, 0.25) is 0 Å². The van der Waals surface area contributed by atoms with Crippen molar-refractivity contribution >= 4 is 5.82 Å². The fourth-order valence-electron chi connectivity index (χ4n) is 1.06. The van der Waals surface area contributed by atoms with Crippen LogP contribution in [0.3, 0.4) is 0 Å². The maximum atomic E-state index is 12.2. The molecule has 0 saturated heterocycles. The number of unbranched alkanes of at least 4 members (excludes halogenated alkanes) is 1. The highest BCUT2D eigenvalue weighted by molar-refractivity contribution is 5.31. The summed E-state index contributed by atoms with van der Waals surface area (Å²) in [7, 11) is 0. The Morgan fingerprint density at radius 3 is 2.57 bits per heavy atom. The predicted octanol–water partition coefficient (Wildman–Crippen LogP) is 2.28. The molecule has 80 valence electrons. The summed E-state index contributed by atoms with van der Waals surface area (Å²) in [4.78, 5) is 0. The van der Waals surface area contributed by atoms with Gasteiger partial charge < -0.3 is 5.73 Å². The summed E-state index contributed by atoms with van der Waals surface area (Å²) < 4.78 is 37.7. The standard InChI is InChI=1S/C8H12F3N3/c1-2-3-4-14-7(12)5-6(13-14)8(9,10)11/h5H,2-4,12H2,1H3. The Labute approximate surface area is 79.7 Å². The number of rotatable bonds is 3. The van der Waals surface area contributed by atoms with E-state index in [4.69, 9.17) is 5.73 Å². The smallest absolute Gasteiger partial charge is 0.384 e. The molecule has 0 spiro atoms.